The minimum atomic E-state index is -0.196. The van der Waals surface area contributed by atoms with Crippen LogP contribution in [-0.4, -0.2) is 54.4 Å². The first-order chi connectivity index (χ1) is 14.2. The van der Waals surface area contributed by atoms with Gasteiger partial charge in [-0.3, -0.25) is 9.20 Å². The lowest BCUT2D eigenvalue weighted by atomic mass is 10.2. The summed E-state index contributed by atoms with van der Waals surface area (Å²) in [4.78, 5) is 19.2. The molecule has 1 atom stereocenters. The Morgan fingerprint density at radius 2 is 2.03 bits per heavy atom. The molecule has 9 nitrogen and oxygen atoms in total. The number of nitrogens with zero attached hydrogens (tertiary/aromatic N) is 7. The first-order valence-corrected chi connectivity index (χ1v) is 9.57. The van der Waals surface area contributed by atoms with Gasteiger partial charge >= 0.3 is 0 Å². The van der Waals surface area contributed by atoms with E-state index in [-0.39, 0.29) is 11.9 Å². The number of carbonyl (C=O) groups is 1. The summed E-state index contributed by atoms with van der Waals surface area (Å²) in [7, 11) is 0. The fourth-order valence-corrected chi connectivity index (χ4v) is 3.61. The number of aromatic nitrogens is 6. The lowest BCUT2D eigenvalue weighted by Crippen LogP contribution is -2.37. The second kappa shape index (κ2) is 7.17. The van der Waals surface area contributed by atoms with E-state index in [1.807, 2.05) is 22.7 Å². The largest absolute Gasteiger partial charge is 0.351 e. The molecule has 0 unspecified atom stereocenters. The minimum Gasteiger partial charge on any atom is -0.351 e. The number of hydrogen-bond acceptors (Lipinski definition) is 6. The molecule has 0 radical (unpaired) electrons. The molecule has 1 amide bonds. The molecule has 0 aliphatic carbocycles. The van der Waals surface area contributed by atoms with Crippen molar-refractivity contribution >= 4 is 29.0 Å². The highest BCUT2D eigenvalue weighted by Gasteiger charge is 2.27. The van der Waals surface area contributed by atoms with E-state index in [9.17, 15) is 4.79 Å². The predicted molar refractivity (Wildman–Crippen MR) is 107 cm³/mol. The maximum atomic E-state index is 12.6. The molecule has 29 heavy (non-hydrogen) atoms. The zero-order chi connectivity index (χ0) is 19.8. The number of benzene rings is 1. The topological polar surface area (TPSA) is 93.2 Å². The van der Waals surface area contributed by atoms with Crippen molar-refractivity contribution in [3.05, 3.63) is 66.0 Å². The predicted octanol–water partition coefficient (Wildman–Crippen LogP) is 1.97. The van der Waals surface area contributed by atoms with Gasteiger partial charge in [0.1, 0.15) is 6.33 Å². The maximum absolute atomic E-state index is 12.6. The molecule has 0 saturated carbocycles. The standard InChI is InChI=1S/C19H17ClN8O/c20-13-1-3-15(4-2-13)28-9-6-16(25-28)19(29)23-14-5-8-26(11-14)17-18-24-22-12-27(18)10-7-21-17/h1-4,6-7,9-10,12,14H,5,8,11H2,(H,23,29)/t14-/m0/s1. The Balaban J connectivity index is 1.26. The second-order valence-corrected chi connectivity index (χ2v) is 7.28. The molecule has 1 N–H and O–H groups in total. The molecule has 1 aliphatic rings. The molecule has 5 rings (SSSR count). The lowest BCUT2D eigenvalue weighted by Gasteiger charge is -2.17. The summed E-state index contributed by atoms with van der Waals surface area (Å²) >= 11 is 5.92. The Kier molecular flexibility index (Phi) is 4.36. The van der Waals surface area contributed by atoms with Crippen LogP contribution in [0.15, 0.2) is 55.2 Å². The zero-order valence-electron chi connectivity index (χ0n) is 15.3. The van der Waals surface area contributed by atoms with Gasteiger partial charge in [-0.2, -0.15) is 5.10 Å². The Bertz CT molecular complexity index is 1170. The van der Waals surface area contributed by atoms with Crippen LogP contribution in [0.5, 0.6) is 0 Å². The molecule has 4 heterocycles. The fourth-order valence-electron chi connectivity index (χ4n) is 3.48. The van der Waals surface area contributed by atoms with Crippen LogP contribution in [0.3, 0.4) is 0 Å². The molecule has 4 aromatic rings. The molecular weight excluding hydrogens is 392 g/mol. The Hall–Kier alpha value is -3.46. The number of halogens is 1. The van der Waals surface area contributed by atoms with Crippen LogP contribution in [0.2, 0.25) is 5.02 Å². The average molecular weight is 409 g/mol. The minimum absolute atomic E-state index is 0.00756. The summed E-state index contributed by atoms with van der Waals surface area (Å²) in [6.07, 6.45) is 7.76. The van der Waals surface area contributed by atoms with Crippen LogP contribution in [0.25, 0.3) is 11.3 Å². The van der Waals surface area contributed by atoms with Crippen molar-refractivity contribution in [1.82, 2.24) is 34.7 Å². The van der Waals surface area contributed by atoms with E-state index < -0.39 is 0 Å². The Labute approximate surface area is 170 Å². The van der Waals surface area contributed by atoms with Crippen molar-refractivity contribution in [1.29, 1.82) is 0 Å². The Morgan fingerprint density at radius 1 is 1.17 bits per heavy atom. The normalized spacial score (nSPS) is 16.4. The van der Waals surface area contributed by atoms with Crippen LogP contribution >= 0.6 is 11.6 Å². The van der Waals surface area contributed by atoms with Gasteiger partial charge < -0.3 is 10.2 Å². The van der Waals surface area contributed by atoms with E-state index in [2.05, 4.69) is 30.5 Å². The van der Waals surface area contributed by atoms with Crippen LogP contribution < -0.4 is 10.2 Å². The van der Waals surface area contributed by atoms with E-state index in [1.54, 1.807) is 41.6 Å². The molecule has 1 aliphatic heterocycles. The van der Waals surface area contributed by atoms with Crippen molar-refractivity contribution in [3.63, 3.8) is 0 Å². The Morgan fingerprint density at radius 3 is 2.90 bits per heavy atom. The van der Waals surface area contributed by atoms with Gasteiger partial charge in [0.2, 0.25) is 5.65 Å². The number of rotatable bonds is 4. The van der Waals surface area contributed by atoms with Gasteiger partial charge in [-0.25, -0.2) is 9.67 Å². The zero-order valence-corrected chi connectivity index (χ0v) is 16.1. The van der Waals surface area contributed by atoms with E-state index in [1.165, 1.54) is 0 Å². The van der Waals surface area contributed by atoms with Gasteiger partial charge in [-0.1, -0.05) is 11.6 Å². The number of amides is 1. The number of fused-ring (bicyclic) bond motifs is 1. The van der Waals surface area contributed by atoms with Crippen molar-refractivity contribution in [2.45, 2.75) is 12.5 Å². The van der Waals surface area contributed by atoms with E-state index >= 15 is 0 Å². The monoisotopic (exact) mass is 408 g/mol. The van der Waals surface area contributed by atoms with Gasteiger partial charge in [0.15, 0.2) is 11.5 Å². The van der Waals surface area contributed by atoms with Crippen LogP contribution in [0.1, 0.15) is 16.9 Å². The van der Waals surface area contributed by atoms with Crippen LogP contribution in [0, 0.1) is 0 Å². The number of anilines is 1. The SMILES string of the molecule is O=C(N[C@H]1CCN(c2nccn3cnnc23)C1)c1ccn(-c2ccc(Cl)cc2)n1. The third kappa shape index (κ3) is 3.40. The fraction of sp³-hybridized carbons (Fsp3) is 0.211. The summed E-state index contributed by atoms with van der Waals surface area (Å²) in [6, 6.07) is 8.99. The van der Waals surface area contributed by atoms with Gasteiger partial charge in [-0.15, -0.1) is 10.2 Å². The first kappa shape index (κ1) is 17.6. The van der Waals surface area contributed by atoms with E-state index in [0.717, 1.165) is 24.5 Å². The summed E-state index contributed by atoms with van der Waals surface area (Å²) in [5.41, 5.74) is 1.92. The smallest absolute Gasteiger partial charge is 0.272 e. The van der Waals surface area contributed by atoms with Crippen molar-refractivity contribution < 1.29 is 4.79 Å². The molecule has 146 valence electrons. The molecule has 1 saturated heterocycles. The highest BCUT2D eigenvalue weighted by Crippen LogP contribution is 2.21. The number of carbonyl (C=O) groups excluding carboxylic acids is 1. The van der Waals surface area contributed by atoms with E-state index in [4.69, 9.17) is 11.6 Å². The van der Waals surface area contributed by atoms with Crippen molar-refractivity contribution in [2.24, 2.45) is 0 Å². The molecule has 3 aromatic heterocycles. The van der Waals surface area contributed by atoms with Gasteiger partial charge in [-0.05, 0) is 36.8 Å². The molecule has 1 fully saturated rings. The molecule has 0 bridgehead atoms. The number of hydrogen-bond donors (Lipinski definition) is 1. The molecule has 0 spiro atoms. The summed E-state index contributed by atoms with van der Waals surface area (Å²) in [5, 5.41) is 16.2. The summed E-state index contributed by atoms with van der Waals surface area (Å²) in [5.74, 6) is 0.576. The summed E-state index contributed by atoms with van der Waals surface area (Å²) in [6.45, 7) is 1.44. The third-order valence-electron chi connectivity index (χ3n) is 4.93. The van der Waals surface area contributed by atoms with Crippen molar-refractivity contribution in [3.8, 4) is 5.69 Å². The van der Waals surface area contributed by atoms with Gasteiger partial charge in [0.05, 0.1) is 5.69 Å². The highest BCUT2D eigenvalue weighted by molar-refractivity contribution is 6.30. The highest BCUT2D eigenvalue weighted by atomic mass is 35.5. The third-order valence-corrected chi connectivity index (χ3v) is 5.19. The second-order valence-electron chi connectivity index (χ2n) is 6.84. The van der Waals surface area contributed by atoms with Gasteiger partial charge in [0.25, 0.3) is 5.91 Å². The lowest BCUT2D eigenvalue weighted by molar-refractivity contribution is 0.0935. The molecule has 10 heteroatoms. The summed E-state index contributed by atoms with van der Waals surface area (Å²) < 4.78 is 3.49. The quantitative estimate of drug-likeness (QED) is 0.555. The molecular formula is C19H17ClN8O. The van der Waals surface area contributed by atoms with E-state index in [0.29, 0.717) is 22.9 Å². The van der Waals surface area contributed by atoms with Crippen LogP contribution in [0.4, 0.5) is 5.82 Å². The average Bonchev–Trinajstić information content (AvgIpc) is 3.48. The molecule has 1 aromatic carbocycles. The number of nitrogens with one attached hydrogen (secondary N) is 1. The first-order valence-electron chi connectivity index (χ1n) is 9.19. The maximum Gasteiger partial charge on any atom is 0.272 e. The van der Waals surface area contributed by atoms with Gasteiger partial charge in [0, 0.05) is 42.7 Å². The van der Waals surface area contributed by atoms with Crippen molar-refractivity contribution in [2.75, 3.05) is 18.0 Å². The van der Waals surface area contributed by atoms with Crippen LogP contribution in [-0.2, 0) is 0 Å².